The van der Waals surface area contributed by atoms with Gasteiger partial charge >= 0.3 is 0 Å². The van der Waals surface area contributed by atoms with Crippen molar-refractivity contribution in [1.29, 1.82) is 0 Å². The molecule has 3 aromatic carbocycles. The number of aliphatic hydroxyl groups excluding tert-OH is 1. The van der Waals surface area contributed by atoms with Crippen LogP contribution in [0.4, 0.5) is 0 Å². The van der Waals surface area contributed by atoms with E-state index in [2.05, 4.69) is 15.9 Å². The maximum absolute atomic E-state index is 13.1. The van der Waals surface area contributed by atoms with E-state index in [1.165, 1.54) is 0 Å². The first kappa shape index (κ1) is 17.6. The second-order valence-corrected chi connectivity index (χ2v) is 6.94. The molecule has 3 heteroatoms. The Labute approximate surface area is 156 Å². The molecule has 0 saturated carbocycles. The number of Topliss-reactive ketones (excluding diaryl/α,β-unsaturated/α-hetero) is 1. The van der Waals surface area contributed by atoms with Crippen molar-refractivity contribution < 1.29 is 9.90 Å². The maximum atomic E-state index is 13.1. The molecule has 0 heterocycles. The molecule has 0 amide bonds. The summed E-state index contributed by atoms with van der Waals surface area (Å²) in [6, 6.07) is 26.5. The van der Waals surface area contributed by atoms with Crippen LogP contribution in [0, 0.1) is 5.92 Å². The highest BCUT2D eigenvalue weighted by atomic mass is 79.9. The summed E-state index contributed by atoms with van der Waals surface area (Å²) in [5, 5.41) is 10.9. The molecule has 126 valence electrons. The highest BCUT2D eigenvalue weighted by molar-refractivity contribution is 9.10. The molecule has 3 aromatic rings. The Morgan fingerprint density at radius 1 is 0.840 bits per heavy atom. The minimum Gasteiger partial charge on any atom is -0.388 e. The molecule has 2 atom stereocenters. The van der Waals surface area contributed by atoms with Crippen LogP contribution in [0.1, 0.15) is 27.6 Å². The van der Waals surface area contributed by atoms with Crippen molar-refractivity contribution >= 4 is 21.7 Å². The number of halogens is 1. The molecule has 0 fully saturated rings. The molecule has 0 aliphatic carbocycles. The third-order valence-electron chi connectivity index (χ3n) is 4.29. The lowest BCUT2D eigenvalue weighted by Crippen LogP contribution is -2.25. The van der Waals surface area contributed by atoms with Gasteiger partial charge in [-0.3, -0.25) is 4.79 Å². The number of hydrogen-bond acceptors (Lipinski definition) is 2. The zero-order valence-electron chi connectivity index (χ0n) is 13.7. The summed E-state index contributed by atoms with van der Waals surface area (Å²) in [5.41, 5.74) is 2.40. The number of benzene rings is 3. The van der Waals surface area contributed by atoms with E-state index in [9.17, 15) is 9.90 Å². The fourth-order valence-corrected chi connectivity index (χ4v) is 3.19. The summed E-state index contributed by atoms with van der Waals surface area (Å²) in [5.74, 6) is -0.578. The van der Waals surface area contributed by atoms with Crippen LogP contribution >= 0.6 is 15.9 Å². The Morgan fingerprint density at radius 3 is 2.00 bits per heavy atom. The largest absolute Gasteiger partial charge is 0.388 e. The Hall–Kier alpha value is -2.23. The van der Waals surface area contributed by atoms with E-state index in [4.69, 9.17) is 0 Å². The molecule has 0 aromatic heterocycles. The fourth-order valence-electron chi connectivity index (χ4n) is 2.92. The average molecular weight is 395 g/mol. The Morgan fingerprint density at radius 2 is 1.40 bits per heavy atom. The van der Waals surface area contributed by atoms with E-state index in [1.54, 1.807) is 12.1 Å². The predicted octanol–water partition coefficient (Wildman–Crippen LogP) is 5.22. The fraction of sp³-hybridized carbons (Fsp3) is 0.136. The smallest absolute Gasteiger partial charge is 0.169 e. The van der Waals surface area contributed by atoms with Crippen molar-refractivity contribution in [1.82, 2.24) is 0 Å². The Kier molecular flexibility index (Phi) is 5.79. The topological polar surface area (TPSA) is 37.3 Å². The maximum Gasteiger partial charge on any atom is 0.169 e. The summed E-state index contributed by atoms with van der Waals surface area (Å²) < 4.78 is 0.942. The molecule has 0 aliphatic rings. The van der Waals surface area contributed by atoms with Gasteiger partial charge in [0, 0.05) is 10.0 Å². The minimum atomic E-state index is -0.860. The van der Waals surface area contributed by atoms with Gasteiger partial charge in [-0.05, 0) is 29.7 Å². The highest BCUT2D eigenvalue weighted by Gasteiger charge is 2.29. The van der Waals surface area contributed by atoms with E-state index in [0.717, 1.165) is 15.6 Å². The highest BCUT2D eigenvalue weighted by Crippen LogP contribution is 2.29. The van der Waals surface area contributed by atoms with Gasteiger partial charge in [0.15, 0.2) is 5.78 Å². The first-order chi connectivity index (χ1) is 12.1. The molecule has 0 radical (unpaired) electrons. The quantitative estimate of drug-likeness (QED) is 0.581. The molecule has 0 spiro atoms. The van der Waals surface area contributed by atoms with Gasteiger partial charge in [0.2, 0.25) is 0 Å². The molecule has 25 heavy (non-hydrogen) atoms. The van der Waals surface area contributed by atoms with Gasteiger partial charge in [-0.15, -0.1) is 0 Å². The molecule has 2 nitrogen and oxygen atoms in total. The molecule has 0 unspecified atom stereocenters. The molecule has 3 rings (SSSR count). The molecule has 0 bridgehead atoms. The minimum absolute atomic E-state index is 0.0418. The van der Waals surface area contributed by atoms with Gasteiger partial charge in [0.05, 0.1) is 12.0 Å². The molecular weight excluding hydrogens is 376 g/mol. The number of carbonyl (C=O) groups is 1. The van der Waals surface area contributed by atoms with Gasteiger partial charge < -0.3 is 5.11 Å². The number of hydrogen-bond donors (Lipinski definition) is 1. The number of carbonyl (C=O) groups excluding carboxylic acids is 1. The number of rotatable bonds is 6. The van der Waals surface area contributed by atoms with Gasteiger partial charge in [-0.1, -0.05) is 88.7 Å². The summed E-state index contributed by atoms with van der Waals surface area (Å²) in [4.78, 5) is 13.1. The predicted molar refractivity (Wildman–Crippen MR) is 104 cm³/mol. The lowest BCUT2D eigenvalue weighted by Gasteiger charge is -2.23. The molecule has 0 aliphatic heterocycles. The van der Waals surface area contributed by atoms with Crippen LogP contribution in [-0.4, -0.2) is 10.9 Å². The van der Waals surface area contributed by atoms with Crippen molar-refractivity contribution in [2.24, 2.45) is 5.92 Å². The summed E-state index contributed by atoms with van der Waals surface area (Å²) in [7, 11) is 0. The van der Waals surface area contributed by atoms with E-state index >= 15 is 0 Å². The zero-order chi connectivity index (χ0) is 17.6. The second kappa shape index (κ2) is 8.24. The van der Waals surface area contributed by atoms with Crippen LogP contribution in [0.15, 0.2) is 89.4 Å². The van der Waals surface area contributed by atoms with Gasteiger partial charge in [0.25, 0.3) is 0 Å². The molecule has 1 N–H and O–H groups in total. The van der Waals surface area contributed by atoms with Crippen molar-refractivity contribution in [2.45, 2.75) is 12.5 Å². The second-order valence-electron chi connectivity index (χ2n) is 6.02. The average Bonchev–Trinajstić information content (AvgIpc) is 2.67. The van der Waals surface area contributed by atoms with E-state index < -0.39 is 12.0 Å². The number of aliphatic hydroxyl groups is 1. The van der Waals surface area contributed by atoms with Gasteiger partial charge in [-0.25, -0.2) is 0 Å². The third kappa shape index (κ3) is 4.44. The van der Waals surface area contributed by atoms with Crippen molar-refractivity contribution in [3.8, 4) is 0 Å². The number of ketones is 1. The Bertz CT molecular complexity index is 814. The SMILES string of the molecule is O=C(c1ccccc1)[C@H](Cc1ccccc1)[C@H](O)c1ccc(Br)cc1. The van der Waals surface area contributed by atoms with Crippen LogP contribution in [0.5, 0.6) is 0 Å². The van der Waals surface area contributed by atoms with Crippen LogP contribution in [0.3, 0.4) is 0 Å². The molecular formula is C22H19BrO2. The van der Waals surface area contributed by atoms with Crippen LogP contribution < -0.4 is 0 Å². The standard InChI is InChI=1S/C22H19BrO2/c23-19-13-11-18(12-14-19)22(25)20(15-16-7-3-1-4-8-16)21(24)17-9-5-2-6-10-17/h1-14,20,22,25H,15H2/t20-,22+/m0/s1. The van der Waals surface area contributed by atoms with E-state index in [0.29, 0.717) is 12.0 Å². The summed E-state index contributed by atoms with van der Waals surface area (Å²) in [6.07, 6.45) is -0.368. The van der Waals surface area contributed by atoms with Crippen molar-refractivity contribution in [2.75, 3.05) is 0 Å². The van der Waals surface area contributed by atoms with Crippen LogP contribution in [-0.2, 0) is 6.42 Å². The van der Waals surface area contributed by atoms with Crippen LogP contribution in [0.2, 0.25) is 0 Å². The summed E-state index contributed by atoms with van der Waals surface area (Å²) in [6.45, 7) is 0. The van der Waals surface area contributed by atoms with Crippen molar-refractivity contribution in [3.05, 3.63) is 106 Å². The normalized spacial score (nSPS) is 13.2. The Balaban J connectivity index is 1.93. The third-order valence-corrected chi connectivity index (χ3v) is 4.81. The van der Waals surface area contributed by atoms with E-state index in [1.807, 2.05) is 72.8 Å². The van der Waals surface area contributed by atoms with Crippen LogP contribution in [0.25, 0.3) is 0 Å². The van der Waals surface area contributed by atoms with Gasteiger partial charge in [0.1, 0.15) is 0 Å². The van der Waals surface area contributed by atoms with E-state index in [-0.39, 0.29) is 5.78 Å². The summed E-state index contributed by atoms with van der Waals surface area (Å²) >= 11 is 3.40. The first-order valence-corrected chi connectivity index (χ1v) is 9.01. The van der Waals surface area contributed by atoms with Gasteiger partial charge in [-0.2, -0.15) is 0 Å². The van der Waals surface area contributed by atoms with Crippen molar-refractivity contribution in [3.63, 3.8) is 0 Å². The molecule has 0 saturated heterocycles. The first-order valence-electron chi connectivity index (χ1n) is 8.22. The monoisotopic (exact) mass is 394 g/mol. The lowest BCUT2D eigenvalue weighted by molar-refractivity contribution is 0.0676. The lowest BCUT2D eigenvalue weighted by atomic mass is 9.84. The zero-order valence-corrected chi connectivity index (χ0v) is 15.3.